The number of nitrogens with zero attached hydrogens (tertiary/aromatic N) is 2. The van der Waals surface area contributed by atoms with Crippen LogP contribution in [-0.2, 0) is 17.9 Å². The molecule has 2 N–H and O–H groups in total. The molecule has 1 unspecified atom stereocenters. The maximum absolute atomic E-state index is 13.1. The lowest BCUT2D eigenvalue weighted by atomic mass is 10.2. The van der Waals surface area contributed by atoms with Gasteiger partial charge >= 0.3 is 0 Å². The highest BCUT2D eigenvalue weighted by molar-refractivity contribution is 5.82. The summed E-state index contributed by atoms with van der Waals surface area (Å²) in [5.74, 6) is -3.21. The number of carbonyl (C=O) groups is 1. The molecule has 0 spiro atoms. The fraction of sp³-hybridized carbons (Fsp3) is 0.375. The lowest BCUT2D eigenvalue weighted by molar-refractivity contribution is -0.123. The highest BCUT2D eigenvalue weighted by atomic mass is 19.3. The third kappa shape index (κ3) is 4.13. The van der Waals surface area contributed by atoms with Crippen LogP contribution in [0, 0.1) is 0 Å². The van der Waals surface area contributed by atoms with Gasteiger partial charge < -0.3 is 5.32 Å². The molecule has 1 saturated heterocycles. The number of nitrogens with one attached hydrogen (secondary N) is 2. The quantitative estimate of drug-likeness (QED) is 0.879. The fourth-order valence-electron chi connectivity index (χ4n) is 2.57. The van der Waals surface area contributed by atoms with Crippen LogP contribution in [0.25, 0.3) is 0 Å². The molecule has 0 aliphatic carbocycles. The molecule has 3 rings (SSSR count). The van der Waals surface area contributed by atoms with Crippen LogP contribution in [0.5, 0.6) is 0 Å². The summed E-state index contributed by atoms with van der Waals surface area (Å²) >= 11 is 0. The van der Waals surface area contributed by atoms with Gasteiger partial charge in [-0.15, -0.1) is 0 Å². The molecule has 1 aliphatic rings. The Morgan fingerprint density at radius 1 is 1.35 bits per heavy atom. The van der Waals surface area contributed by atoms with Crippen molar-refractivity contribution < 1.29 is 13.6 Å². The van der Waals surface area contributed by atoms with E-state index in [2.05, 4.69) is 15.7 Å². The van der Waals surface area contributed by atoms with Crippen molar-refractivity contribution in [1.82, 2.24) is 20.4 Å². The van der Waals surface area contributed by atoms with Crippen molar-refractivity contribution in [3.63, 3.8) is 0 Å². The predicted molar refractivity (Wildman–Crippen MR) is 81.0 cm³/mol. The van der Waals surface area contributed by atoms with Gasteiger partial charge in [0.15, 0.2) is 0 Å². The first kappa shape index (κ1) is 15.6. The van der Waals surface area contributed by atoms with Crippen LogP contribution in [-0.4, -0.2) is 34.2 Å². The lowest BCUT2D eigenvalue weighted by Crippen LogP contribution is -2.39. The summed E-state index contributed by atoms with van der Waals surface area (Å²) in [7, 11) is 0. The lowest BCUT2D eigenvalue weighted by Gasteiger charge is -2.10. The zero-order chi connectivity index (χ0) is 16.3. The van der Waals surface area contributed by atoms with E-state index in [0.717, 1.165) is 11.1 Å². The number of hydrogen-bond donors (Lipinski definition) is 2. The number of amides is 1. The highest BCUT2D eigenvalue weighted by Gasteiger charge is 2.42. The van der Waals surface area contributed by atoms with Crippen molar-refractivity contribution in [1.29, 1.82) is 0 Å². The van der Waals surface area contributed by atoms with Crippen LogP contribution >= 0.6 is 0 Å². The molecule has 2 aromatic rings. The second-order valence-corrected chi connectivity index (χ2v) is 5.74. The smallest absolute Gasteiger partial charge is 0.262 e. The van der Waals surface area contributed by atoms with Crippen LogP contribution < -0.4 is 10.6 Å². The van der Waals surface area contributed by atoms with Gasteiger partial charge in [0.25, 0.3) is 5.92 Å². The largest absolute Gasteiger partial charge is 0.351 e. The molecular weight excluding hydrogens is 302 g/mol. The summed E-state index contributed by atoms with van der Waals surface area (Å²) in [4.78, 5) is 11.9. The molecule has 5 nitrogen and oxygen atoms in total. The first-order valence-electron chi connectivity index (χ1n) is 7.46. The zero-order valence-corrected chi connectivity index (χ0v) is 12.5. The minimum atomic E-state index is -2.80. The van der Waals surface area contributed by atoms with Crippen LogP contribution in [0.2, 0.25) is 0 Å². The maximum Gasteiger partial charge on any atom is 0.262 e. The van der Waals surface area contributed by atoms with Gasteiger partial charge in [0.05, 0.1) is 25.3 Å². The number of alkyl halides is 2. The normalized spacial score (nSPS) is 19.7. The number of aromatic nitrogens is 2. The molecular formula is C16H18F2N4O. The van der Waals surface area contributed by atoms with Gasteiger partial charge in [-0.2, -0.15) is 5.10 Å². The van der Waals surface area contributed by atoms with E-state index in [0.29, 0.717) is 6.54 Å². The predicted octanol–water partition coefficient (Wildman–Crippen LogP) is 1.54. The summed E-state index contributed by atoms with van der Waals surface area (Å²) in [6, 6.07) is 9.07. The Bertz CT molecular complexity index is 672. The van der Waals surface area contributed by atoms with Gasteiger partial charge in [0.2, 0.25) is 5.91 Å². The second kappa shape index (κ2) is 6.45. The van der Waals surface area contributed by atoms with Crippen LogP contribution in [0.1, 0.15) is 17.5 Å². The average Bonchev–Trinajstić information content (AvgIpc) is 3.12. The first-order valence-corrected chi connectivity index (χ1v) is 7.46. The maximum atomic E-state index is 13.1. The summed E-state index contributed by atoms with van der Waals surface area (Å²) < 4.78 is 27.9. The Balaban J connectivity index is 1.50. The number of carbonyl (C=O) groups excluding carboxylic acids is 1. The molecule has 0 saturated carbocycles. The van der Waals surface area contributed by atoms with E-state index in [9.17, 15) is 13.6 Å². The molecule has 1 fully saturated rings. The van der Waals surface area contributed by atoms with Crippen molar-refractivity contribution in [2.75, 3.05) is 6.54 Å². The van der Waals surface area contributed by atoms with Gasteiger partial charge in [0, 0.05) is 24.7 Å². The van der Waals surface area contributed by atoms with E-state index in [-0.39, 0.29) is 6.54 Å². The molecule has 0 radical (unpaired) electrons. The average molecular weight is 320 g/mol. The standard InChI is InChI=1S/C16H18F2N4O/c17-16(18)6-14(20-11-16)15(23)19-7-13-8-21-22(10-13)9-12-4-2-1-3-5-12/h1-5,8,10,14,20H,6-7,9,11H2,(H,19,23). The zero-order valence-electron chi connectivity index (χ0n) is 12.5. The minimum absolute atomic E-state index is 0.275. The van der Waals surface area contributed by atoms with Crippen molar-refractivity contribution in [2.24, 2.45) is 0 Å². The molecule has 1 aliphatic heterocycles. The number of hydrogen-bond acceptors (Lipinski definition) is 3. The van der Waals surface area contributed by atoms with Crippen molar-refractivity contribution >= 4 is 5.91 Å². The Morgan fingerprint density at radius 2 is 2.13 bits per heavy atom. The monoisotopic (exact) mass is 320 g/mol. The topological polar surface area (TPSA) is 59.0 Å². The van der Waals surface area contributed by atoms with Gasteiger partial charge in [-0.1, -0.05) is 30.3 Å². The number of benzene rings is 1. The molecule has 7 heteroatoms. The molecule has 23 heavy (non-hydrogen) atoms. The van der Waals surface area contributed by atoms with E-state index in [4.69, 9.17) is 0 Å². The van der Waals surface area contributed by atoms with Gasteiger partial charge in [-0.25, -0.2) is 8.78 Å². The third-order valence-corrected chi connectivity index (χ3v) is 3.77. The van der Waals surface area contributed by atoms with Gasteiger partial charge in [0.1, 0.15) is 0 Å². The molecule has 1 aromatic carbocycles. The van der Waals surface area contributed by atoms with E-state index >= 15 is 0 Å². The Labute approximate surface area is 132 Å². The minimum Gasteiger partial charge on any atom is -0.351 e. The van der Waals surface area contributed by atoms with Crippen LogP contribution in [0.3, 0.4) is 0 Å². The summed E-state index contributed by atoms with van der Waals surface area (Å²) in [5, 5.41) is 9.45. The fourth-order valence-corrected chi connectivity index (χ4v) is 2.57. The second-order valence-electron chi connectivity index (χ2n) is 5.74. The van der Waals surface area contributed by atoms with Crippen molar-refractivity contribution in [3.05, 3.63) is 53.9 Å². The van der Waals surface area contributed by atoms with E-state index in [1.807, 2.05) is 36.5 Å². The van der Waals surface area contributed by atoms with Crippen LogP contribution in [0.4, 0.5) is 8.78 Å². The molecule has 1 aromatic heterocycles. The Kier molecular flexibility index (Phi) is 4.38. The third-order valence-electron chi connectivity index (χ3n) is 3.77. The molecule has 1 atom stereocenters. The Morgan fingerprint density at radius 3 is 2.83 bits per heavy atom. The van der Waals surface area contributed by atoms with Crippen molar-refractivity contribution in [3.8, 4) is 0 Å². The van der Waals surface area contributed by atoms with Crippen LogP contribution in [0.15, 0.2) is 42.7 Å². The van der Waals surface area contributed by atoms with E-state index in [1.54, 1.807) is 10.9 Å². The summed E-state index contributed by atoms with van der Waals surface area (Å²) in [5.41, 5.74) is 1.96. The molecule has 0 bridgehead atoms. The van der Waals surface area contributed by atoms with Gasteiger partial charge in [-0.3, -0.25) is 14.8 Å². The van der Waals surface area contributed by atoms with E-state index < -0.39 is 30.8 Å². The first-order chi connectivity index (χ1) is 11.0. The SMILES string of the molecule is O=C(NCc1cnn(Cc2ccccc2)c1)C1CC(F)(F)CN1. The van der Waals surface area contributed by atoms with Crippen molar-refractivity contribution in [2.45, 2.75) is 31.5 Å². The van der Waals surface area contributed by atoms with Gasteiger partial charge in [-0.05, 0) is 5.56 Å². The van der Waals surface area contributed by atoms with E-state index in [1.165, 1.54) is 0 Å². The molecule has 1 amide bonds. The summed E-state index contributed by atoms with van der Waals surface area (Å²) in [6.45, 7) is 0.475. The number of halogens is 2. The Hall–Kier alpha value is -2.28. The molecule has 122 valence electrons. The molecule has 2 heterocycles. The highest BCUT2D eigenvalue weighted by Crippen LogP contribution is 2.25. The summed E-state index contributed by atoms with van der Waals surface area (Å²) in [6.07, 6.45) is 3.05. The number of rotatable bonds is 5.